The lowest BCUT2D eigenvalue weighted by Gasteiger charge is -2.11. The highest BCUT2D eigenvalue weighted by Crippen LogP contribution is 2.29. The number of hydrogen-bond donors (Lipinski definition) is 0. The van der Waals surface area contributed by atoms with Gasteiger partial charge in [-0.15, -0.1) is 0 Å². The van der Waals surface area contributed by atoms with Crippen molar-refractivity contribution < 1.29 is 18.3 Å². The molecule has 0 atom stereocenters. The van der Waals surface area contributed by atoms with Crippen LogP contribution in [0.25, 0.3) is 0 Å². The van der Waals surface area contributed by atoms with Gasteiger partial charge in [0.1, 0.15) is 5.75 Å². The number of benzene rings is 1. The van der Waals surface area contributed by atoms with E-state index in [1.165, 1.54) is 26.2 Å². The molecule has 4 heteroatoms. The van der Waals surface area contributed by atoms with E-state index in [0.29, 0.717) is 11.3 Å². The first kappa shape index (κ1) is 11.6. The monoisotopic (exact) mass is 214 g/mol. The second kappa shape index (κ2) is 4.38. The molecule has 0 aliphatic rings. The summed E-state index contributed by atoms with van der Waals surface area (Å²) < 4.78 is 30.1. The fourth-order valence-corrected chi connectivity index (χ4v) is 1.38. The Morgan fingerprint density at radius 3 is 2.40 bits per heavy atom. The number of hydrogen-bond acceptors (Lipinski definition) is 2. The Morgan fingerprint density at radius 2 is 2.00 bits per heavy atom. The van der Waals surface area contributed by atoms with Gasteiger partial charge in [-0.05, 0) is 31.5 Å². The van der Waals surface area contributed by atoms with Gasteiger partial charge >= 0.3 is 0 Å². The second-order valence-corrected chi connectivity index (χ2v) is 3.27. The molecule has 0 bridgehead atoms. The zero-order valence-electron chi connectivity index (χ0n) is 8.80. The van der Waals surface area contributed by atoms with Crippen LogP contribution in [0.4, 0.5) is 8.78 Å². The number of carbonyl (C=O) groups excluding carboxylic acids is 1. The molecule has 0 radical (unpaired) electrons. The number of halogens is 2. The van der Waals surface area contributed by atoms with E-state index >= 15 is 0 Å². The maximum atomic E-state index is 12.6. The van der Waals surface area contributed by atoms with Crippen molar-refractivity contribution in [3.05, 3.63) is 28.8 Å². The highest BCUT2D eigenvalue weighted by atomic mass is 19.3. The van der Waals surface area contributed by atoms with Gasteiger partial charge in [0.15, 0.2) is 5.78 Å². The van der Waals surface area contributed by atoms with E-state index in [1.807, 2.05) is 0 Å². The zero-order valence-corrected chi connectivity index (χ0v) is 8.80. The maximum Gasteiger partial charge on any atom is 0.264 e. The van der Waals surface area contributed by atoms with E-state index in [4.69, 9.17) is 4.74 Å². The standard InChI is InChI=1S/C11H12F2O2/c1-6-4-10(15-3)9(7(2)14)5-8(6)11(12)13/h4-5,11H,1-3H3. The highest BCUT2D eigenvalue weighted by molar-refractivity contribution is 5.97. The van der Waals surface area contributed by atoms with E-state index < -0.39 is 6.43 Å². The SMILES string of the molecule is COc1cc(C)c(C(F)F)cc1C(C)=O. The Labute approximate surface area is 86.9 Å². The molecule has 0 spiro atoms. The summed E-state index contributed by atoms with van der Waals surface area (Å²) in [5.41, 5.74) is 0.492. The number of ether oxygens (including phenoxy) is 1. The van der Waals surface area contributed by atoms with Crippen molar-refractivity contribution in [2.24, 2.45) is 0 Å². The Kier molecular flexibility index (Phi) is 3.39. The fraction of sp³-hybridized carbons (Fsp3) is 0.364. The quantitative estimate of drug-likeness (QED) is 0.722. The normalized spacial score (nSPS) is 10.5. The van der Waals surface area contributed by atoms with E-state index in [0.717, 1.165) is 0 Å². The van der Waals surface area contributed by atoms with Crippen molar-refractivity contribution in [2.45, 2.75) is 20.3 Å². The lowest BCUT2D eigenvalue weighted by molar-refractivity contribution is 0.101. The molecule has 15 heavy (non-hydrogen) atoms. The molecule has 0 aliphatic carbocycles. The molecule has 0 aliphatic heterocycles. The molecule has 82 valence electrons. The number of rotatable bonds is 3. The third-order valence-corrected chi connectivity index (χ3v) is 2.20. The minimum Gasteiger partial charge on any atom is -0.496 e. The van der Waals surface area contributed by atoms with Crippen LogP contribution in [0.15, 0.2) is 12.1 Å². The molecule has 0 aromatic heterocycles. The largest absolute Gasteiger partial charge is 0.496 e. The molecular formula is C11H12F2O2. The Hall–Kier alpha value is -1.45. The summed E-state index contributed by atoms with van der Waals surface area (Å²) in [6.07, 6.45) is -2.57. The van der Waals surface area contributed by atoms with Crippen LogP contribution < -0.4 is 4.74 Å². The Balaban J connectivity index is 3.37. The van der Waals surface area contributed by atoms with E-state index in [2.05, 4.69) is 0 Å². The number of carbonyl (C=O) groups is 1. The molecule has 0 fully saturated rings. The molecule has 1 rings (SSSR count). The lowest BCUT2D eigenvalue weighted by atomic mass is 10.0. The predicted molar refractivity (Wildman–Crippen MR) is 52.7 cm³/mol. The van der Waals surface area contributed by atoms with Gasteiger partial charge in [-0.2, -0.15) is 0 Å². The van der Waals surface area contributed by atoms with Crippen molar-refractivity contribution in [3.63, 3.8) is 0 Å². The first-order chi connectivity index (χ1) is 6.97. The summed E-state index contributed by atoms with van der Waals surface area (Å²) >= 11 is 0. The van der Waals surface area contributed by atoms with Gasteiger partial charge in [0, 0.05) is 5.56 Å². The van der Waals surface area contributed by atoms with Crippen LogP contribution in [0.5, 0.6) is 5.75 Å². The van der Waals surface area contributed by atoms with Gasteiger partial charge in [0.2, 0.25) is 0 Å². The van der Waals surface area contributed by atoms with E-state index in [-0.39, 0.29) is 16.9 Å². The number of methoxy groups -OCH3 is 1. The van der Waals surface area contributed by atoms with Gasteiger partial charge < -0.3 is 4.74 Å². The molecule has 0 unspecified atom stereocenters. The third kappa shape index (κ3) is 2.32. The van der Waals surface area contributed by atoms with Crippen LogP contribution >= 0.6 is 0 Å². The predicted octanol–water partition coefficient (Wildman–Crippen LogP) is 3.14. The zero-order chi connectivity index (χ0) is 11.6. The van der Waals surface area contributed by atoms with Crippen LogP contribution in [-0.2, 0) is 0 Å². The van der Waals surface area contributed by atoms with Crippen molar-refractivity contribution in [3.8, 4) is 5.75 Å². The number of Topliss-reactive ketones (excluding diaryl/α,β-unsaturated/α-hetero) is 1. The Morgan fingerprint density at radius 1 is 1.40 bits per heavy atom. The summed E-state index contributed by atoms with van der Waals surface area (Å²) in [4.78, 5) is 11.2. The molecule has 1 aromatic rings. The average molecular weight is 214 g/mol. The van der Waals surface area contributed by atoms with Gasteiger partial charge in [0.25, 0.3) is 6.43 Å². The highest BCUT2D eigenvalue weighted by Gasteiger charge is 2.16. The fourth-order valence-electron chi connectivity index (χ4n) is 1.38. The van der Waals surface area contributed by atoms with Gasteiger partial charge in [-0.3, -0.25) is 4.79 Å². The summed E-state index contributed by atoms with van der Waals surface area (Å²) in [7, 11) is 1.41. The maximum absolute atomic E-state index is 12.6. The van der Waals surface area contributed by atoms with Crippen molar-refractivity contribution in [1.82, 2.24) is 0 Å². The first-order valence-electron chi connectivity index (χ1n) is 4.45. The third-order valence-electron chi connectivity index (χ3n) is 2.20. The molecule has 0 saturated heterocycles. The molecule has 0 N–H and O–H groups in total. The van der Waals surface area contributed by atoms with Gasteiger partial charge in [0.05, 0.1) is 12.7 Å². The minimum absolute atomic E-state index is 0.124. The molecule has 0 heterocycles. The Bertz CT molecular complexity index is 386. The van der Waals surface area contributed by atoms with Crippen LogP contribution in [0, 0.1) is 6.92 Å². The van der Waals surface area contributed by atoms with Crippen molar-refractivity contribution in [2.75, 3.05) is 7.11 Å². The van der Waals surface area contributed by atoms with Crippen LogP contribution in [0.3, 0.4) is 0 Å². The van der Waals surface area contributed by atoms with Gasteiger partial charge in [-0.25, -0.2) is 8.78 Å². The molecule has 2 nitrogen and oxygen atoms in total. The van der Waals surface area contributed by atoms with Crippen LogP contribution in [0.2, 0.25) is 0 Å². The van der Waals surface area contributed by atoms with E-state index in [1.54, 1.807) is 6.92 Å². The van der Waals surface area contributed by atoms with Crippen molar-refractivity contribution in [1.29, 1.82) is 0 Å². The summed E-state index contributed by atoms with van der Waals surface area (Å²) in [5, 5.41) is 0. The first-order valence-corrected chi connectivity index (χ1v) is 4.45. The van der Waals surface area contributed by atoms with E-state index in [9.17, 15) is 13.6 Å². The topological polar surface area (TPSA) is 26.3 Å². The van der Waals surface area contributed by atoms with Crippen molar-refractivity contribution >= 4 is 5.78 Å². The van der Waals surface area contributed by atoms with Crippen LogP contribution in [0.1, 0.15) is 34.8 Å². The smallest absolute Gasteiger partial charge is 0.264 e. The molecule has 1 aromatic carbocycles. The second-order valence-electron chi connectivity index (χ2n) is 3.27. The lowest BCUT2D eigenvalue weighted by Crippen LogP contribution is -2.01. The molecule has 0 amide bonds. The number of aryl methyl sites for hydroxylation is 1. The number of alkyl halides is 2. The summed E-state index contributed by atoms with van der Waals surface area (Å²) in [6, 6.07) is 2.65. The summed E-state index contributed by atoms with van der Waals surface area (Å²) in [6.45, 7) is 2.89. The number of ketones is 1. The van der Waals surface area contributed by atoms with Gasteiger partial charge in [-0.1, -0.05) is 0 Å². The van der Waals surface area contributed by atoms with Crippen LogP contribution in [-0.4, -0.2) is 12.9 Å². The minimum atomic E-state index is -2.57. The molecule has 0 saturated carbocycles. The molecular weight excluding hydrogens is 202 g/mol. The average Bonchev–Trinajstić information content (AvgIpc) is 2.16. The summed E-state index contributed by atoms with van der Waals surface area (Å²) in [5.74, 6) is 0.0538.